The molecular weight excluding hydrogens is 442 g/mol. The Morgan fingerprint density at radius 1 is 1.06 bits per heavy atom. The Balaban J connectivity index is 1.34. The molecule has 0 bridgehead atoms. The molecule has 3 aromatic rings. The molecule has 0 atom stereocenters. The summed E-state index contributed by atoms with van der Waals surface area (Å²) >= 11 is 0. The van der Waals surface area contributed by atoms with E-state index in [-0.39, 0.29) is 11.7 Å². The second-order valence-corrected chi connectivity index (χ2v) is 9.49. The minimum Gasteiger partial charge on any atom is -0.494 e. The summed E-state index contributed by atoms with van der Waals surface area (Å²) in [6.45, 7) is 3.29. The van der Waals surface area contributed by atoms with Crippen LogP contribution in [0.4, 0.5) is 5.69 Å². The van der Waals surface area contributed by atoms with Gasteiger partial charge in [-0.25, -0.2) is 13.4 Å². The van der Waals surface area contributed by atoms with Crippen LogP contribution in [0.1, 0.15) is 29.3 Å². The molecule has 0 aliphatic carbocycles. The van der Waals surface area contributed by atoms with Crippen LogP contribution in [-0.4, -0.2) is 38.2 Å². The van der Waals surface area contributed by atoms with Crippen LogP contribution >= 0.6 is 0 Å². The van der Waals surface area contributed by atoms with E-state index in [1.807, 2.05) is 19.1 Å². The van der Waals surface area contributed by atoms with Crippen LogP contribution in [0, 0.1) is 0 Å². The number of aromatic nitrogens is 1. The van der Waals surface area contributed by atoms with Gasteiger partial charge in [0.05, 0.1) is 18.0 Å². The number of pyridine rings is 1. The molecule has 4 rings (SSSR count). The molecular formula is C24H25N3O5S. The fraction of sp³-hybridized carbons (Fsp3) is 0.250. The Morgan fingerprint density at radius 3 is 2.45 bits per heavy atom. The highest BCUT2D eigenvalue weighted by atomic mass is 32.2. The number of carbonyl (C=O) groups is 1. The largest absolute Gasteiger partial charge is 0.494 e. The van der Waals surface area contributed by atoms with Crippen molar-refractivity contribution in [1.29, 1.82) is 0 Å². The molecule has 0 radical (unpaired) electrons. The zero-order valence-corrected chi connectivity index (χ0v) is 19.0. The molecule has 2 heterocycles. The molecule has 8 nitrogen and oxygen atoms in total. The van der Waals surface area contributed by atoms with Crippen molar-refractivity contribution >= 4 is 21.6 Å². The summed E-state index contributed by atoms with van der Waals surface area (Å²) in [5, 5.41) is 2.86. The monoisotopic (exact) mass is 467 g/mol. The Labute approximate surface area is 193 Å². The quantitative estimate of drug-likeness (QED) is 0.542. The second-order valence-electron chi connectivity index (χ2n) is 7.48. The van der Waals surface area contributed by atoms with E-state index in [0.29, 0.717) is 49.0 Å². The van der Waals surface area contributed by atoms with Crippen molar-refractivity contribution in [3.8, 4) is 17.4 Å². The van der Waals surface area contributed by atoms with Gasteiger partial charge in [-0.2, -0.15) is 0 Å². The first kappa shape index (κ1) is 22.6. The van der Waals surface area contributed by atoms with Crippen LogP contribution in [0.3, 0.4) is 0 Å². The lowest BCUT2D eigenvalue weighted by molar-refractivity contribution is 0.0951. The van der Waals surface area contributed by atoms with Gasteiger partial charge in [0, 0.05) is 30.9 Å². The lowest BCUT2D eigenvalue weighted by Gasteiger charge is -2.17. The summed E-state index contributed by atoms with van der Waals surface area (Å²) in [6.07, 6.45) is 2.23. The number of nitrogens with one attached hydrogen (secondary N) is 1. The van der Waals surface area contributed by atoms with Gasteiger partial charge in [-0.15, -0.1) is 0 Å². The van der Waals surface area contributed by atoms with Gasteiger partial charge in [0.15, 0.2) is 0 Å². The van der Waals surface area contributed by atoms with Gasteiger partial charge in [0.25, 0.3) is 5.91 Å². The summed E-state index contributed by atoms with van der Waals surface area (Å²) in [6, 6.07) is 17.4. The summed E-state index contributed by atoms with van der Waals surface area (Å²) in [5.74, 6) is 1.72. The van der Waals surface area contributed by atoms with Crippen molar-refractivity contribution in [3.05, 3.63) is 78.0 Å². The van der Waals surface area contributed by atoms with E-state index in [1.165, 1.54) is 4.31 Å². The van der Waals surface area contributed by atoms with E-state index in [1.54, 1.807) is 54.7 Å². The Morgan fingerprint density at radius 2 is 1.79 bits per heavy atom. The number of amides is 1. The van der Waals surface area contributed by atoms with E-state index < -0.39 is 10.0 Å². The normalized spacial score (nSPS) is 14.6. The minimum absolute atomic E-state index is 0.158. The molecule has 0 spiro atoms. The lowest BCUT2D eigenvalue weighted by atomic mass is 10.2. The summed E-state index contributed by atoms with van der Waals surface area (Å²) in [4.78, 5) is 16.8. The maximum absolute atomic E-state index is 12.5. The van der Waals surface area contributed by atoms with Gasteiger partial charge >= 0.3 is 0 Å². The van der Waals surface area contributed by atoms with Crippen molar-refractivity contribution in [2.75, 3.05) is 23.2 Å². The van der Waals surface area contributed by atoms with Crippen molar-refractivity contribution in [2.45, 2.75) is 19.9 Å². The van der Waals surface area contributed by atoms with Gasteiger partial charge in [-0.05, 0) is 73.5 Å². The predicted octanol–water partition coefficient (Wildman–Crippen LogP) is 3.74. The number of ether oxygens (including phenoxy) is 2. The van der Waals surface area contributed by atoms with Crippen LogP contribution in [-0.2, 0) is 16.6 Å². The number of hydrogen-bond donors (Lipinski definition) is 1. The van der Waals surface area contributed by atoms with Crippen LogP contribution in [0.5, 0.6) is 17.4 Å². The zero-order chi connectivity index (χ0) is 23.3. The first-order chi connectivity index (χ1) is 15.9. The van der Waals surface area contributed by atoms with E-state index in [9.17, 15) is 13.2 Å². The second kappa shape index (κ2) is 9.91. The van der Waals surface area contributed by atoms with E-state index in [2.05, 4.69) is 10.3 Å². The van der Waals surface area contributed by atoms with Crippen LogP contribution < -0.4 is 19.1 Å². The van der Waals surface area contributed by atoms with Gasteiger partial charge < -0.3 is 14.8 Å². The lowest BCUT2D eigenvalue weighted by Crippen LogP contribution is -2.25. The first-order valence-electron chi connectivity index (χ1n) is 10.7. The van der Waals surface area contributed by atoms with Crippen molar-refractivity contribution < 1.29 is 22.7 Å². The maximum Gasteiger partial charge on any atom is 0.251 e. The molecule has 1 N–H and O–H groups in total. The third-order valence-corrected chi connectivity index (χ3v) is 7.00. The number of benzene rings is 2. The SMILES string of the molecule is CCOc1ccc(Oc2cc(CNC(=O)c3ccc(N4CCCS4(=O)=O)cc3)ccn2)cc1. The Kier molecular flexibility index (Phi) is 6.79. The molecule has 0 unspecified atom stereocenters. The summed E-state index contributed by atoms with van der Waals surface area (Å²) in [7, 11) is -3.24. The molecule has 1 aliphatic heterocycles. The van der Waals surface area contributed by atoms with E-state index in [4.69, 9.17) is 9.47 Å². The fourth-order valence-electron chi connectivity index (χ4n) is 3.50. The number of hydrogen-bond acceptors (Lipinski definition) is 6. The number of rotatable bonds is 8. The van der Waals surface area contributed by atoms with Crippen LogP contribution in [0.15, 0.2) is 66.9 Å². The number of sulfonamides is 1. The molecule has 9 heteroatoms. The molecule has 1 saturated heterocycles. The molecule has 172 valence electrons. The molecule has 1 amide bonds. The molecule has 0 saturated carbocycles. The first-order valence-corrected chi connectivity index (χ1v) is 12.3. The molecule has 2 aromatic carbocycles. The maximum atomic E-state index is 12.5. The summed E-state index contributed by atoms with van der Waals surface area (Å²) in [5.41, 5.74) is 1.86. The van der Waals surface area contributed by atoms with Crippen molar-refractivity contribution in [2.24, 2.45) is 0 Å². The van der Waals surface area contributed by atoms with E-state index in [0.717, 1.165) is 11.3 Å². The van der Waals surface area contributed by atoms with E-state index >= 15 is 0 Å². The zero-order valence-electron chi connectivity index (χ0n) is 18.2. The smallest absolute Gasteiger partial charge is 0.251 e. The average Bonchev–Trinajstić information content (AvgIpc) is 3.18. The highest BCUT2D eigenvalue weighted by molar-refractivity contribution is 7.93. The van der Waals surface area contributed by atoms with Crippen LogP contribution in [0.25, 0.3) is 0 Å². The highest BCUT2D eigenvalue weighted by Crippen LogP contribution is 2.25. The molecule has 1 aliphatic rings. The highest BCUT2D eigenvalue weighted by Gasteiger charge is 2.28. The number of anilines is 1. The van der Waals surface area contributed by atoms with Gasteiger partial charge in [-0.3, -0.25) is 9.10 Å². The number of carbonyl (C=O) groups excluding carboxylic acids is 1. The third kappa shape index (κ3) is 5.61. The average molecular weight is 468 g/mol. The Bertz CT molecular complexity index is 1210. The van der Waals surface area contributed by atoms with Gasteiger partial charge in [0.1, 0.15) is 11.5 Å². The van der Waals surface area contributed by atoms with Crippen LogP contribution in [0.2, 0.25) is 0 Å². The summed E-state index contributed by atoms with van der Waals surface area (Å²) < 4.78 is 36.7. The van der Waals surface area contributed by atoms with Gasteiger partial charge in [-0.1, -0.05) is 0 Å². The predicted molar refractivity (Wildman–Crippen MR) is 125 cm³/mol. The Hall–Kier alpha value is -3.59. The third-order valence-electron chi connectivity index (χ3n) is 5.13. The van der Waals surface area contributed by atoms with Crippen molar-refractivity contribution in [1.82, 2.24) is 10.3 Å². The van der Waals surface area contributed by atoms with Crippen molar-refractivity contribution in [3.63, 3.8) is 0 Å². The minimum atomic E-state index is -3.24. The standard InChI is InChI=1S/C24H25N3O5S/c1-2-31-21-8-10-22(11-9-21)32-23-16-18(12-13-25-23)17-26-24(28)19-4-6-20(7-5-19)27-14-3-15-33(27,29)30/h4-13,16H,2-3,14-15,17H2,1H3,(H,26,28). The fourth-order valence-corrected chi connectivity index (χ4v) is 5.07. The van der Waals surface area contributed by atoms with Gasteiger partial charge in [0.2, 0.25) is 15.9 Å². The molecule has 1 fully saturated rings. The molecule has 33 heavy (non-hydrogen) atoms. The molecule has 1 aromatic heterocycles. The topological polar surface area (TPSA) is 97.8 Å². The number of nitrogens with zero attached hydrogens (tertiary/aromatic N) is 2.